The van der Waals surface area contributed by atoms with Crippen molar-refractivity contribution in [2.45, 2.75) is 25.1 Å². The summed E-state index contributed by atoms with van der Waals surface area (Å²) >= 11 is 0.267. The van der Waals surface area contributed by atoms with Gasteiger partial charge in [0.15, 0.2) is 0 Å². The first kappa shape index (κ1) is 17.6. The maximum atomic E-state index is 12.5. The van der Waals surface area contributed by atoms with Crippen LogP contribution in [0.25, 0.3) is 0 Å². The van der Waals surface area contributed by atoms with E-state index in [1.807, 2.05) is 0 Å². The zero-order chi connectivity index (χ0) is 17.9. The van der Waals surface area contributed by atoms with Crippen LogP contribution in [0.4, 0.5) is 18.3 Å². The minimum absolute atomic E-state index is 0.0414. The molecule has 1 aromatic heterocycles. The molecular formula is C15H14F3N3O3S. The molecule has 1 saturated heterocycles. The highest BCUT2D eigenvalue weighted by molar-refractivity contribution is 7.15. The quantitative estimate of drug-likeness (QED) is 0.870. The van der Waals surface area contributed by atoms with Crippen LogP contribution < -0.4 is 10.1 Å². The molecule has 1 N–H and O–H groups in total. The van der Waals surface area contributed by atoms with Crippen molar-refractivity contribution in [1.29, 1.82) is 0 Å². The molecule has 1 aliphatic heterocycles. The summed E-state index contributed by atoms with van der Waals surface area (Å²) < 4.78 is 48.5. The van der Waals surface area contributed by atoms with Gasteiger partial charge in [0, 0.05) is 12.2 Å². The average Bonchev–Trinajstić information content (AvgIpc) is 3.24. The van der Waals surface area contributed by atoms with E-state index < -0.39 is 17.1 Å². The van der Waals surface area contributed by atoms with Crippen LogP contribution in [-0.4, -0.2) is 35.4 Å². The monoisotopic (exact) mass is 373 g/mol. The second-order valence-corrected chi connectivity index (χ2v) is 6.32. The number of carbonyl (C=O) groups is 1. The van der Waals surface area contributed by atoms with E-state index in [-0.39, 0.29) is 28.1 Å². The maximum Gasteiger partial charge on any atom is 0.445 e. The maximum absolute atomic E-state index is 12.5. The Kier molecular flexibility index (Phi) is 5.19. The lowest BCUT2D eigenvalue weighted by Crippen LogP contribution is -2.17. The molecule has 6 nitrogen and oxygen atoms in total. The van der Waals surface area contributed by atoms with Gasteiger partial charge in [0.25, 0.3) is 5.91 Å². The van der Waals surface area contributed by atoms with Crippen molar-refractivity contribution in [3.8, 4) is 5.75 Å². The molecule has 0 saturated carbocycles. The summed E-state index contributed by atoms with van der Waals surface area (Å²) in [4.78, 5) is 12.2. The predicted molar refractivity (Wildman–Crippen MR) is 83.8 cm³/mol. The highest BCUT2D eigenvalue weighted by Gasteiger charge is 2.35. The number of hydrogen-bond acceptors (Lipinski definition) is 6. The molecule has 1 fully saturated rings. The molecule has 1 amide bonds. The normalized spacial score (nSPS) is 17.5. The molecule has 25 heavy (non-hydrogen) atoms. The Morgan fingerprint density at radius 3 is 2.92 bits per heavy atom. The van der Waals surface area contributed by atoms with Crippen molar-refractivity contribution in [2.24, 2.45) is 0 Å². The third-order valence-corrected chi connectivity index (χ3v) is 4.33. The Hall–Kier alpha value is -2.20. The van der Waals surface area contributed by atoms with E-state index in [9.17, 15) is 18.0 Å². The zero-order valence-corrected chi connectivity index (χ0v) is 13.7. The van der Waals surface area contributed by atoms with Gasteiger partial charge in [-0.05, 0) is 31.0 Å². The third kappa shape index (κ3) is 4.67. The van der Waals surface area contributed by atoms with Gasteiger partial charge in [0.05, 0.1) is 6.10 Å². The van der Waals surface area contributed by atoms with E-state index in [4.69, 9.17) is 9.47 Å². The van der Waals surface area contributed by atoms with Crippen molar-refractivity contribution in [1.82, 2.24) is 10.2 Å². The molecular weight excluding hydrogens is 359 g/mol. The van der Waals surface area contributed by atoms with Crippen LogP contribution in [0.5, 0.6) is 5.75 Å². The number of benzene rings is 1. The van der Waals surface area contributed by atoms with Gasteiger partial charge in [0.1, 0.15) is 12.4 Å². The molecule has 0 radical (unpaired) electrons. The molecule has 1 aromatic carbocycles. The highest BCUT2D eigenvalue weighted by atomic mass is 32.1. The summed E-state index contributed by atoms with van der Waals surface area (Å²) in [5.41, 5.74) is 0.244. The average molecular weight is 373 g/mol. The number of amides is 1. The smallest absolute Gasteiger partial charge is 0.445 e. The number of ether oxygens (including phenoxy) is 2. The van der Waals surface area contributed by atoms with Gasteiger partial charge in [-0.2, -0.15) is 13.2 Å². The van der Waals surface area contributed by atoms with Crippen LogP contribution >= 0.6 is 11.3 Å². The van der Waals surface area contributed by atoms with Crippen LogP contribution in [-0.2, 0) is 10.9 Å². The number of alkyl halides is 3. The van der Waals surface area contributed by atoms with E-state index in [0.717, 1.165) is 19.4 Å². The first-order valence-corrected chi connectivity index (χ1v) is 8.30. The van der Waals surface area contributed by atoms with Crippen LogP contribution in [0.3, 0.4) is 0 Å². The number of nitrogens with one attached hydrogen (secondary N) is 1. The molecule has 0 bridgehead atoms. The van der Waals surface area contributed by atoms with E-state index in [2.05, 4.69) is 15.5 Å². The minimum atomic E-state index is -4.59. The fourth-order valence-corrected chi connectivity index (χ4v) is 2.86. The summed E-state index contributed by atoms with van der Waals surface area (Å²) in [6, 6.07) is 6.36. The summed E-state index contributed by atoms with van der Waals surface area (Å²) in [5, 5.41) is 7.31. The largest absolute Gasteiger partial charge is 0.491 e. The van der Waals surface area contributed by atoms with Crippen molar-refractivity contribution >= 4 is 22.4 Å². The Labute approximate surface area is 145 Å². The molecule has 0 aliphatic carbocycles. The highest BCUT2D eigenvalue weighted by Crippen LogP contribution is 2.33. The van der Waals surface area contributed by atoms with Crippen molar-refractivity contribution in [3.05, 3.63) is 34.8 Å². The number of anilines is 1. The lowest BCUT2D eigenvalue weighted by molar-refractivity contribution is -0.138. The van der Waals surface area contributed by atoms with E-state index >= 15 is 0 Å². The number of halogens is 3. The molecule has 1 unspecified atom stereocenters. The SMILES string of the molecule is O=C(Nc1nnc(C(F)(F)F)s1)c1cccc(OCC2CCCO2)c1. The number of nitrogens with zero attached hydrogens (tertiary/aromatic N) is 2. The lowest BCUT2D eigenvalue weighted by atomic mass is 10.2. The lowest BCUT2D eigenvalue weighted by Gasteiger charge is -2.12. The fraction of sp³-hybridized carbons (Fsp3) is 0.400. The number of carbonyl (C=O) groups excluding carboxylic acids is 1. The van der Waals surface area contributed by atoms with Gasteiger partial charge in [0.2, 0.25) is 10.1 Å². The Bertz CT molecular complexity index is 745. The van der Waals surface area contributed by atoms with Crippen LogP contribution in [0.1, 0.15) is 28.2 Å². The van der Waals surface area contributed by atoms with Gasteiger partial charge in [-0.3, -0.25) is 10.1 Å². The van der Waals surface area contributed by atoms with Crippen LogP contribution in [0.2, 0.25) is 0 Å². The summed E-state index contributed by atoms with van der Waals surface area (Å²) in [6.07, 6.45) is -2.62. The standard InChI is InChI=1S/C15H14F3N3O3S/c16-15(17,18)13-20-21-14(25-13)19-12(22)9-3-1-4-10(7-9)24-8-11-5-2-6-23-11/h1,3-4,7,11H,2,5-6,8H2,(H,19,21,22). The topological polar surface area (TPSA) is 73.3 Å². The molecule has 10 heteroatoms. The van der Waals surface area contributed by atoms with Crippen molar-refractivity contribution < 1.29 is 27.4 Å². The Morgan fingerprint density at radius 2 is 2.24 bits per heavy atom. The molecule has 134 valence electrons. The van der Waals surface area contributed by atoms with Gasteiger partial charge in [-0.25, -0.2) is 0 Å². The summed E-state index contributed by atoms with van der Waals surface area (Å²) in [7, 11) is 0. The first-order chi connectivity index (χ1) is 11.9. The van der Waals surface area contributed by atoms with Crippen LogP contribution in [0, 0.1) is 0 Å². The van der Waals surface area contributed by atoms with E-state index in [0.29, 0.717) is 12.4 Å². The second kappa shape index (κ2) is 7.36. The Balaban J connectivity index is 1.61. The summed E-state index contributed by atoms with van der Waals surface area (Å²) in [6.45, 7) is 1.11. The predicted octanol–water partition coefficient (Wildman–Crippen LogP) is 3.37. The zero-order valence-electron chi connectivity index (χ0n) is 12.9. The second-order valence-electron chi connectivity index (χ2n) is 5.34. The molecule has 1 aliphatic rings. The van der Waals surface area contributed by atoms with Gasteiger partial charge >= 0.3 is 6.18 Å². The molecule has 2 aromatic rings. The number of aromatic nitrogens is 2. The first-order valence-electron chi connectivity index (χ1n) is 7.48. The Morgan fingerprint density at radius 1 is 1.40 bits per heavy atom. The fourth-order valence-electron chi connectivity index (χ4n) is 2.25. The van der Waals surface area contributed by atoms with E-state index in [1.165, 1.54) is 12.1 Å². The minimum Gasteiger partial charge on any atom is -0.491 e. The van der Waals surface area contributed by atoms with Crippen molar-refractivity contribution in [3.63, 3.8) is 0 Å². The molecule has 2 heterocycles. The van der Waals surface area contributed by atoms with Gasteiger partial charge in [-0.15, -0.1) is 10.2 Å². The number of rotatable bonds is 5. The third-order valence-electron chi connectivity index (χ3n) is 3.44. The van der Waals surface area contributed by atoms with Crippen molar-refractivity contribution in [2.75, 3.05) is 18.5 Å². The van der Waals surface area contributed by atoms with Gasteiger partial charge in [-0.1, -0.05) is 17.4 Å². The van der Waals surface area contributed by atoms with E-state index in [1.54, 1.807) is 12.1 Å². The summed E-state index contributed by atoms with van der Waals surface area (Å²) in [5.74, 6) is -0.108. The van der Waals surface area contributed by atoms with Gasteiger partial charge < -0.3 is 9.47 Å². The number of hydrogen-bond donors (Lipinski definition) is 1. The molecule has 1 atom stereocenters. The molecule has 3 rings (SSSR count). The van der Waals surface area contributed by atoms with Crippen LogP contribution in [0.15, 0.2) is 24.3 Å². The molecule has 0 spiro atoms.